The second-order valence-electron chi connectivity index (χ2n) is 3.76. The van der Waals surface area contributed by atoms with E-state index in [0.29, 0.717) is 12.3 Å². The first kappa shape index (κ1) is 10.3. The fraction of sp³-hybridized carbons (Fsp3) is 0.700. The third kappa shape index (κ3) is 3.19. The number of nitrogens with zero attached hydrogens (tertiary/aromatic N) is 1. The van der Waals surface area contributed by atoms with Gasteiger partial charge in [-0.25, -0.2) is 0 Å². The van der Waals surface area contributed by atoms with Crippen LogP contribution in [0.1, 0.15) is 19.8 Å². The molecule has 0 radical (unpaired) electrons. The molecule has 13 heavy (non-hydrogen) atoms. The van der Waals surface area contributed by atoms with Gasteiger partial charge < -0.3 is 5.11 Å². The van der Waals surface area contributed by atoms with Crippen LogP contribution in [0.15, 0.2) is 12.2 Å². The lowest BCUT2D eigenvalue weighted by molar-refractivity contribution is -0.139. The highest BCUT2D eigenvalue weighted by Gasteiger charge is 2.28. The van der Waals surface area contributed by atoms with Gasteiger partial charge in [0.25, 0.3) is 0 Å². The van der Waals surface area contributed by atoms with Gasteiger partial charge in [-0.05, 0) is 12.3 Å². The number of aliphatic carboxylic acids is 1. The number of hydrogen-bond acceptors (Lipinski definition) is 2. The number of likely N-dealkylation sites (tertiary alicyclic amines) is 1. The first-order chi connectivity index (χ1) is 6.11. The Morgan fingerprint density at radius 2 is 2.23 bits per heavy atom. The summed E-state index contributed by atoms with van der Waals surface area (Å²) in [5.74, 6) is -0.318. The summed E-state index contributed by atoms with van der Waals surface area (Å²) >= 11 is 0. The summed E-state index contributed by atoms with van der Waals surface area (Å²) in [7, 11) is 0. The van der Waals surface area contributed by atoms with Crippen molar-refractivity contribution in [2.75, 3.05) is 19.6 Å². The molecule has 0 aliphatic carbocycles. The van der Waals surface area contributed by atoms with E-state index in [-0.39, 0.29) is 0 Å². The summed E-state index contributed by atoms with van der Waals surface area (Å²) < 4.78 is 0. The molecule has 1 N–H and O–H groups in total. The molecule has 1 saturated heterocycles. The van der Waals surface area contributed by atoms with E-state index in [4.69, 9.17) is 5.11 Å². The highest BCUT2D eigenvalue weighted by Crippen LogP contribution is 2.20. The summed E-state index contributed by atoms with van der Waals surface area (Å²) in [5, 5.41) is 8.53. The molecule has 1 heterocycles. The summed E-state index contributed by atoms with van der Waals surface area (Å²) in [6, 6.07) is 0. The van der Waals surface area contributed by atoms with Gasteiger partial charge in [-0.2, -0.15) is 0 Å². The van der Waals surface area contributed by atoms with Gasteiger partial charge in [0.2, 0.25) is 0 Å². The van der Waals surface area contributed by atoms with E-state index < -0.39 is 5.97 Å². The quantitative estimate of drug-likeness (QED) is 0.654. The lowest BCUT2D eigenvalue weighted by Gasteiger charge is -2.38. The molecule has 1 fully saturated rings. The Bertz CT molecular complexity index is 207. The molecule has 3 nitrogen and oxygen atoms in total. The van der Waals surface area contributed by atoms with Crippen LogP contribution in [0.2, 0.25) is 0 Å². The molecule has 0 aromatic carbocycles. The molecular formula is C10H17NO2. The van der Waals surface area contributed by atoms with Gasteiger partial charge in [-0.15, -0.1) is 0 Å². The van der Waals surface area contributed by atoms with Gasteiger partial charge >= 0.3 is 5.97 Å². The van der Waals surface area contributed by atoms with Gasteiger partial charge in [0.1, 0.15) is 0 Å². The second-order valence-corrected chi connectivity index (χ2v) is 3.76. The molecule has 0 amide bonds. The van der Waals surface area contributed by atoms with Crippen LogP contribution in [0.25, 0.3) is 0 Å². The van der Waals surface area contributed by atoms with Crippen molar-refractivity contribution < 1.29 is 9.90 Å². The second kappa shape index (κ2) is 4.42. The number of rotatable bonds is 5. The minimum absolute atomic E-state index is 0.315. The first-order valence-electron chi connectivity index (χ1n) is 4.72. The summed E-state index contributed by atoms with van der Waals surface area (Å²) in [6.07, 6.45) is 1.33. The van der Waals surface area contributed by atoms with E-state index in [1.54, 1.807) is 0 Å². The minimum Gasteiger partial charge on any atom is -0.481 e. The highest BCUT2D eigenvalue weighted by molar-refractivity contribution is 5.67. The maximum atomic E-state index is 10.4. The average molecular weight is 183 g/mol. The van der Waals surface area contributed by atoms with Gasteiger partial charge in [0.05, 0.1) is 6.42 Å². The Balaban J connectivity index is 2.11. The van der Waals surface area contributed by atoms with Crippen LogP contribution in [0.3, 0.4) is 0 Å². The van der Waals surface area contributed by atoms with Gasteiger partial charge in [0, 0.05) is 19.6 Å². The number of carbonyl (C=O) groups is 1. The number of carboxylic acid groups (broad SMARTS) is 1. The van der Waals surface area contributed by atoms with E-state index in [2.05, 4.69) is 18.4 Å². The topological polar surface area (TPSA) is 40.5 Å². The molecule has 1 rings (SSSR count). The maximum Gasteiger partial charge on any atom is 0.303 e. The molecule has 0 spiro atoms. The van der Waals surface area contributed by atoms with Crippen molar-refractivity contribution in [2.24, 2.45) is 5.92 Å². The fourth-order valence-corrected chi connectivity index (χ4v) is 1.61. The third-order valence-corrected chi connectivity index (χ3v) is 2.44. The van der Waals surface area contributed by atoms with Crippen LogP contribution in [0.5, 0.6) is 0 Å². The zero-order valence-electron chi connectivity index (χ0n) is 8.12. The lowest BCUT2D eigenvalue weighted by Crippen LogP contribution is -2.47. The molecule has 0 unspecified atom stereocenters. The SMILES string of the molecule is C=C(CC)CN1CC(CC(=O)O)C1. The molecule has 0 saturated carbocycles. The molecule has 3 heteroatoms. The van der Waals surface area contributed by atoms with Crippen LogP contribution in [-0.4, -0.2) is 35.6 Å². The molecule has 0 aromatic rings. The maximum absolute atomic E-state index is 10.4. The van der Waals surface area contributed by atoms with E-state index in [9.17, 15) is 4.79 Å². The summed E-state index contributed by atoms with van der Waals surface area (Å²) in [4.78, 5) is 12.6. The highest BCUT2D eigenvalue weighted by atomic mass is 16.4. The molecule has 0 aromatic heterocycles. The van der Waals surface area contributed by atoms with Crippen molar-refractivity contribution in [3.63, 3.8) is 0 Å². The standard InChI is InChI=1S/C10H17NO2/c1-3-8(2)5-11-6-9(7-11)4-10(12)13/h9H,2-7H2,1H3,(H,12,13). The predicted octanol–water partition coefficient (Wildman–Crippen LogP) is 1.36. The Morgan fingerprint density at radius 3 is 2.69 bits per heavy atom. The summed E-state index contributed by atoms with van der Waals surface area (Å²) in [6.45, 7) is 8.80. The van der Waals surface area contributed by atoms with Crippen molar-refractivity contribution in [3.8, 4) is 0 Å². The summed E-state index contributed by atoms with van der Waals surface area (Å²) in [5.41, 5.74) is 1.23. The third-order valence-electron chi connectivity index (χ3n) is 2.44. The van der Waals surface area contributed by atoms with Crippen molar-refractivity contribution in [3.05, 3.63) is 12.2 Å². The number of hydrogen-bond donors (Lipinski definition) is 1. The molecule has 1 aliphatic heterocycles. The minimum atomic E-state index is -0.682. The van der Waals surface area contributed by atoms with Crippen molar-refractivity contribution in [1.29, 1.82) is 0 Å². The smallest absolute Gasteiger partial charge is 0.303 e. The average Bonchev–Trinajstić information content (AvgIpc) is 1.99. The Kier molecular flexibility index (Phi) is 3.48. The predicted molar refractivity (Wildman–Crippen MR) is 51.6 cm³/mol. The van der Waals surface area contributed by atoms with Crippen molar-refractivity contribution in [1.82, 2.24) is 4.90 Å². The zero-order valence-corrected chi connectivity index (χ0v) is 8.12. The van der Waals surface area contributed by atoms with Gasteiger partial charge in [0.15, 0.2) is 0 Å². The lowest BCUT2D eigenvalue weighted by atomic mass is 9.96. The van der Waals surface area contributed by atoms with Crippen molar-refractivity contribution >= 4 is 5.97 Å². The van der Waals surface area contributed by atoms with E-state index in [1.165, 1.54) is 5.57 Å². The van der Waals surface area contributed by atoms with Crippen LogP contribution < -0.4 is 0 Å². The largest absolute Gasteiger partial charge is 0.481 e. The van der Waals surface area contributed by atoms with E-state index in [1.807, 2.05) is 0 Å². The Hall–Kier alpha value is -0.830. The van der Waals surface area contributed by atoms with Crippen LogP contribution in [0.4, 0.5) is 0 Å². The van der Waals surface area contributed by atoms with E-state index >= 15 is 0 Å². The molecule has 74 valence electrons. The Morgan fingerprint density at radius 1 is 1.62 bits per heavy atom. The van der Waals surface area contributed by atoms with Crippen LogP contribution >= 0.6 is 0 Å². The van der Waals surface area contributed by atoms with E-state index in [0.717, 1.165) is 26.1 Å². The van der Waals surface area contributed by atoms with Gasteiger partial charge in [-0.3, -0.25) is 9.69 Å². The van der Waals surface area contributed by atoms with Crippen LogP contribution in [-0.2, 0) is 4.79 Å². The normalized spacial score (nSPS) is 18.2. The zero-order chi connectivity index (χ0) is 9.84. The monoisotopic (exact) mass is 183 g/mol. The van der Waals surface area contributed by atoms with Crippen LogP contribution in [0, 0.1) is 5.92 Å². The Labute approximate surface area is 79.0 Å². The number of carboxylic acids is 1. The van der Waals surface area contributed by atoms with Crippen molar-refractivity contribution in [2.45, 2.75) is 19.8 Å². The fourth-order valence-electron chi connectivity index (χ4n) is 1.61. The molecular weight excluding hydrogens is 166 g/mol. The molecule has 1 aliphatic rings. The first-order valence-corrected chi connectivity index (χ1v) is 4.72. The molecule has 0 atom stereocenters. The molecule has 0 bridgehead atoms. The van der Waals surface area contributed by atoms with Gasteiger partial charge in [-0.1, -0.05) is 19.1 Å².